The molecule has 1 amide bonds. The zero-order valence-corrected chi connectivity index (χ0v) is 15.9. The maximum atomic E-state index is 12.8. The summed E-state index contributed by atoms with van der Waals surface area (Å²) in [6.45, 7) is 1.35. The van der Waals surface area contributed by atoms with Crippen LogP contribution >= 0.6 is 0 Å². The highest BCUT2D eigenvalue weighted by Gasteiger charge is 2.28. The number of aryl methyl sites for hydroxylation is 1. The predicted octanol–water partition coefficient (Wildman–Crippen LogP) is 0.813. The second-order valence-corrected chi connectivity index (χ2v) is 8.21. The topological polar surface area (TPSA) is 84.7 Å². The van der Waals surface area contributed by atoms with Gasteiger partial charge in [-0.2, -0.15) is 9.40 Å². The SMILES string of the molecule is COc1cccc(-c2cc(C(=O)N3CCN(S(C)(=O)=O)CC3)n(C)n2)c1. The van der Waals surface area contributed by atoms with Gasteiger partial charge in [0.15, 0.2) is 0 Å². The molecule has 140 valence electrons. The molecule has 1 fully saturated rings. The summed E-state index contributed by atoms with van der Waals surface area (Å²) in [6.07, 6.45) is 1.19. The normalized spacial score (nSPS) is 15.9. The lowest BCUT2D eigenvalue weighted by Crippen LogP contribution is -2.50. The molecule has 0 spiro atoms. The minimum Gasteiger partial charge on any atom is -0.497 e. The molecule has 9 heteroatoms. The molecule has 1 aliphatic heterocycles. The zero-order chi connectivity index (χ0) is 18.9. The second-order valence-electron chi connectivity index (χ2n) is 6.22. The molecule has 8 nitrogen and oxygen atoms in total. The summed E-state index contributed by atoms with van der Waals surface area (Å²) in [7, 11) is 0.105. The maximum Gasteiger partial charge on any atom is 0.272 e. The summed E-state index contributed by atoms with van der Waals surface area (Å²) in [5.74, 6) is 0.570. The summed E-state index contributed by atoms with van der Waals surface area (Å²) in [6, 6.07) is 9.24. The fourth-order valence-corrected chi connectivity index (χ4v) is 3.80. The molecule has 1 saturated heterocycles. The third-order valence-electron chi connectivity index (χ3n) is 4.46. The first-order valence-electron chi connectivity index (χ1n) is 8.22. The number of amides is 1. The van der Waals surface area contributed by atoms with Gasteiger partial charge in [-0.1, -0.05) is 12.1 Å². The summed E-state index contributed by atoms with van der Waals surface area (Å²) in [5.41, 5.74) is 2.01. The van der Waals surface area contributed by atoms with Crippen LogP contribution in [-0.2, 0) is 17.1 Å². The highest BCUT2D eigenvalue weighted by atomic mass is 32.2. The number of rotatable bonds is 4. The monoisotopic (exact) mass is 378 g/mol. The van der Waals surface area contributed by atoms with E-state index in [2.05, 4.69) is 5.10 Å². The number of carbonyl (C=O) groups excluding carboxylic acids is 1. The molecule has 3 rings (SSSR count). The van der Waals surface area contributed by atoms with E-state index in [1.807, 2.05) is 24.3 Å². The highest BCUT2D eigenvalue weighted by Crippen LogP contribution is 2.24. The first kappa shape index (κ1) is 18.4. The van der Waals surface area contributed by atoms with Crippen LogP contribution in [0.2, 0.25) is 0 Å². The molecular weight excluding hydrogens is 356 g/mol. The number of aromatic nitrogens is 2. The summed E-state index contributed by atoms with van der Waals surface area (Å²) in [4.78, 5) is 14.5. The molecule has 26 heavy (non-hydrogen) atoms. The number of hydrogen-bond acceptors (Lipinski definition) is 5. The number of methoxy groups -OCH3 is 1. The van der Waals surface area contributed by atoms with E-state index in [0.29, 0.717) is 37.6 Å². The van der Waals surface area contributed by atoms with Crippen LogP contribution in [0.3, 0.4) is 0 Å². The number of ether oxygens (including phenoxy) is 1. The van der Waals surface area contributed by atoms with E-state index in [1.165, 1.54) is 10.6 Å². The van der Waals surface area contributed by atoms with Crippen molar-refractivity contribution in [3.05, 3.63) is 36.0 Å². The minimum absolute atomic E-state index is 0.151. The van der Waals surface area contributed by atoms with Gasteiger partial charge >= 0.3 is 0 Å². The Bertz CT molecular complexity index is 915. The average molecular weight is 378 g/mol. The summed E-state index contributed by atoms with van der Waals surface area (Å²) in [5, 5.41) is 4.43. The molecule has 0 bridgehead atoms. The van der Waals surface area contributed by atoms with E-state index in [4.69, 9.17) is 4.74 Å². The van der Waals surface area contributed by atoms with Crippen LogP contribution in [0.15, 0.2) is 30.3 Å². The van der Waals surface area contributed by atoms with Gasteiger partial charge in [-0.05, 0) is 18.2 Å². The number of carbonyl (C=O) groups is 1. The molecule has 1 aromatic carbocycles. The fourth-order valence-electron chi connectivity index (χ4n) is 2.98. The molecule has 1 aromatic heterocycles. The fraction of sp³-hybridized carbons (Fsp3) is 0.412. The molecular formula is C17H22N4O4S. The van der Waals surface area contributed by atoms with Crippen LogP contribution in [0.4, 0.5) is 0 Å². The Morgan fingerprint density at radius 1 is 1.15 bits per heavy atom. The lowest BCUT2D eigenvalue weighted by Gasteiger charge is -2.33. The van der Waals surface area contributed by atoms with Crippen molar-refractivity contribution in [3.8, 4) is 17.0 Å². The Morgan fingerprint density at radius 2 is 1.85 bits per heavy atom. The van der Waals surface area contributed by atoms with Crippen molar-refractivity contribution in [2.45, 2.75) is 0 Å². The quantitative estimate of drug-likeness (QED) is 0.786. The van der Waals surface area contributed by atoms with Crippen LogP contribution in [0.25, 0.3) is 11.3 Å². The van der Waals surface area contributed by atoms with Gasteiger partial charge in [-0.15, -0.1) is 0 Å². The Hall–Kier alpha value is -2.39. The number of piperazine rings is 1. The Balaban J connectivity index is 1.78. The first-order valence-corrected chi connectivity index (χ1v) is 10.1. The Kier molecular flexibility index (Phi) is 5.01. The van der Waals surface area contributed by atoms with Crippen LogP contribution in [0.5, 0.6) is 5.75 Å². The standard InChI is InChI=1S/C17H22N4O4S/c1-19-16(12-15(18-19)13-5-4-6-14(11-13)25-2)17(22)20-7-9-21(10-8-20)26(3,23)24/h4-6,11-12H,7-10H2,1-3H3. The van der Waals surface area contributed by atoms with Crippen LogP contribution in [0.1, 0.15) is 10.5 Å². The number of nitrogens with zero attached hydrogens (tertiary/aromatic N) is 4. The van der Waals surface area contributed by atoms with E-state index >= 15 is 0 Å². The van der Waals surface area contributed by atoms with Crippen molar-refractivity contribution in [1.29, 1.82) is 0 Å². The number of benzene rings is 1. The van der Waals surface area contributed by atoms with Crippen molar-refractivity contribution in [3.63, 3.8) is 0 Å². The molecule has 0 unspecified atom stereocenters. The van der Waals surface area contributed by atoms with E-state index in [-0.39, 0.29) is 5.91 Å². The molecule has 0 N–H and O–H groups in total. The smallest absolute Gasteiger partial charge is 0.272 e. The second kappa shape index (κ2) is 7.08. The minimum atomic E-state index is -3.22. The Labute approximate surface area is 153 Å². The molecule has 2 heterocycles. The van der Waals surface area contributed by atoms with Crippen LogP contribution in [-0.4, -0.2) is 72.9 Å². The van der Waals surface area contributed by atoms with Crippen LogP contribution in [0, 0.1) is 0 Å². The molecule has 0 aliphatic carbocycles. The van der Waals surface area contributed by atoms with E-state index in [1.54, 1.807) is 29.8 Å². The molecule has 1 aliphatic rings. The summed E-state index contributed by atoms with van der Waals surface area (Å²) >= 11 is 0. The third kappa shape index (κ3) is 3.73. The van der Waals surface area contributed by atoms with Gasteiger partial charge in [0.25, 0.3) is 5.91 Å². The van der Waals surface area contributed by atoms with E-state index in [9.17, 15) is 13.2 Å². The first-order chi connectivity index (χ1) is 12.3. The van der Waals surface area contributed by atoms with Crippen molar-refractivity contribution in [1.82, 2.24) is 19.0 Å². The van der Waals surface area contributed by atoms with Crippen molar-refractivity contribution in [2.75, 3.05) is 39.5 Å². The van der Waals surface area contributed by atoms with Gasteiger partial charge < -0.3 is 9.64 Å². The third-order valence-corrected chi connectivity index (χ3v) is 5.76. The average Bonchev–Trinajstić information content (AvgIpc) is 3.02. The van der Waals surface area contributed by atoms with Gasteiger partial charge in [0.1, 0.15) is 11.4 Å². The number of hydrogen-bond donors (Lipinski definition) is 0. The van der Waals surface area contributed by atoms with Crippen molar-refractivity contribution >= 4 is 15.9 Å². The lowest BCUT2D eigenvalue weighted by atomic mass is 10.1. The zero-order valence-electron chi connectivity index (χ0n) is 15.0. The van der Waals surface area contributed by atoms with Gasteiger partial charge in [0.05, 0.1) is 19.1 Å². The van der Waals surface area contributed by atoms with E-state index in [0.717, 1.165) is 11.3 Å². The largest absolute Gasteiger partial charge is 0.497 e. The molecule has 0 atom stereocenters. The van der Waals surface area contributed by atoms with E-state index < -0.39 is 10.0 Å². The molecule has 0 radical (unpaired) electrons. The summed E-state index contributed by atoms with van der Waals surface area (Å²) < 4.78 is 31.4. The molecule has 2 aromatic rings. The van der Waals surface area contributed by atoms with Gasteiger partial charge in [0.2, 0.25) is 10.0 Å². The number of sulfonamides is 1. The Morgan fingerprint density at radius 3 is 2.46 bits per heavy atom. The predicted molar refractivity (Wildman–Crippen MR) is 97.5 cm³/mol. The molecule has 0 saturated carbocycles. The van der Waals surface area contributed by atoms with Gasteiger partial charge in [-0.25, -0.2) is 8.42 Å². The maximum absolute atomic E-state index is 12.8. The van der Waals surface area contributed by atoms with Gasteiger partial charge in [0, 0.05) is 38.8 Å². The van der Waals surface area contributed by atoms with Crippen molar-refractivity contribution < 1.29 is 17.9 Å². The van der Waals surface area contributed by atoms with Gasteiger partial charge in [-0.3, -0.25) is 9.48 Å². The lowest BCUT2D eigenvalue weighted by molar-refractivity contribution is 0.0687. The highest BCUT2D eigenvalue weighted by molar-refractivity contribution is 7.88. The van der Waals surface area contributed by atoms with Crippen LogP contribution < -0.4 is 4.74 Å². The van der Waals surface area contributed by atoms with Crippen molar-refractivity contribution in [2.24, 2.45) is 7.05 Å².